The number of H-pyrrole nitrogens is 1. The van der Waals surface area contributed by atoms with Gasteiger partial charge in [0, 0.05) is 12.7 Å². The van der Waals surface area contributed by atoms with Crippen molar-refractivity contribution in [3.63, 3.8) is 0 Å². The molecule has 0 bridgehead atoms. The molecule has 1 fully saturated rings. The molecule has 2 heterocycles. The number of nitrogens with zero attached hydrogens (tertiary/aromatic N) is 1. The van der Waals surface area contributed by atoms with Crippen LogP contribution in [-0.2, 0) is 16.1 Å². The molecule has 3 N–H and O–H groups in total. The molecule has 1 saturated heterocycles. The van der Waals surface area contributed by atoms with Crippen LogP contribution in [0.3, 0.4) is 0 Å². The van der Waals surface area contributed by atoms with Crippen LogP contribution in [0.25, 0.3) is 0 Å². The van der Waals surface area contributed by atoms with E-state index in [2.05, 4.69) is 0 Å². The number of carbonyl (C=O) groups excluding carboxylic acids is 1. The number of halogens is 3. The molecular weight excluding hydrogens is 323 g/mol. The lowest BCUT2D eigenvalue weighted by Crippen LogP contribution is -2.39. The number of nitrogens with one attached hydrogen (secondary N) is 2. The van der Waals surface area contributed by atoms with Crippen LogP contribution < -0.4 is 16.6 Å². The van der Waals surface area contributed by atoms with Crippen LogP contribution in [0, 0.1) is 0 Å². The SMILES string of the molecule is O=C(NCc1cn([C@H]2CC[C@@H](CO)O2)c(=O)[nH]c1=O)C(F)(F)F. The second-order valence-corrected chi connectivity index (χ2v) is 4.97. The number of alkyl halides is 3. The van der Waals surface area contributed by atoms with Crippen LogP contribution in [-0.4, -0.2) is 39.5 Å². The molecule has 1 aliphatic rings. The van der Waals surface area contributed by atoms with Gasteiger partial charge in [0.1, 0.15) is 6.23 Å². The molecular formula is C12H14F3N3O5. The minimum atomic E-state index is -5.07. The largest absolute Gasteiger partial charge is 0.471 e. The van der Waals surface area contributed by atoms with E-state index in [-0.39, 0.29) is 12.2 Å². The third-order valence-corrected chi connectivity index (χ3v) is 3.34. The molecule has 0 aromatic carbocycles. The van der Waals surface area contributed by atoms with E-state index in [0.29, 0.717) is 12.8 Å². The number of hydrogen-bond acceptors (Lipinski definition) is 5. The van der Waals surface area contributed by atoms with Gasteiger partial charge in [-0.05, 0) is 12.8 Å². The fraction of sp³-hybridized carbons (Fsp3) is 0.583. The minimum absolute atomic E-state index is 0.224. The van der Waals surface area contributed by atoms with Crippen molar-refractivity contribution < 1.29 is 27.8 Å². The maximum absolute atomic E-state index is 12.1. The molecule has 2 rings (SSSR count). The van der Waals surface area contributed by atoms with Crippen LogP contribution in [0.1, 0.15) is 24.6 Å². The minimum Gasteiger partial charge on any atom is -0.394 e. The summed E-state index contributed by atoms with van der Waals surface area (Å²) in [7, 11) is 0. The first kappa shape index (κ1) is 17.2. The smallest absolute Gasteiger partial charge is 0.394 e. The zero-order valence-corrected chi connectivity index (χ0v) is 11.7. The number of aromatic amines is 1. The highest BCUT2D eigenvalue weighted by Crippen LogP contribution is 2.26. The van der Waals surface area contributed by atoms with Gasteiger partial charge in [0.15, 0.2) is 0 Å². The highest BCUT2D eigenvalue weighted by molar-refractivity contribution is 5.81. The van der Waals surface area contributed by atoms with Crippen molar-refractivity contribution in [1.29, 1.82) is 0 Å². The second-order valence-electron chi connectivity index (χ2n) is 4.97. The Balaban J connectivity index is 2.19. The average molecular weight is 337 g/mol. The third-order valence-electron chi connectivity index (χ3n) is 3.34. The van der Waals surface area contributed by atoms with Gasteiger partial charge in [0.2, 0.25) is 0 Å². The summed E-state index contributed by atoms with van der Waals surface area (Å²) in [4.78, 5) is 36.1. The fourth-order valence-electron chi connectivity index (χ4n) is 2.17. The molecule has 1 aliphatic heterocycles. The van der Waals surface area contributed by atoms with Crippen LogP contribution in [0.2, 0.25) is 0 Å². The molecule has 0 spiro atoms. The van der Waals surface area contributed by atoms with E-state index in [9.17, 15) is 27.6 Å². The number of carbonyl (C=O) groups is 1. The van der Waals surface area contributed by atoms with Crippen molar-refractivity contribution >= 4 is 5.91 Å². The van der Waals surface area contributed by atoms with Crippen molar-refractivity contribution in [2.45, 2.75) is 37.9 Å². The van der Waals surface area contributed by atoms with Crippen LogP contribution in [0.4, 0.5) is 13.2 Å². The van der Waals surface area contributed by atoms with E-state index in [0.717, 1.165) is 10.8 Å². The maximum Gasteiger partial charge on any atom is 0.471 e. The Morgan fingerprint density at radius 1 is 1.43 bits per heavy atom. The lowest BCUT2D eigenvalue weighted by molar-refractivity contribution is -0.173. The van der Waals surface area contributed by atoms with Gasteiger partial charge >= 0.3 is 17.8 Å². The molecule has 23 heavy (non-hydrogen) atoms. The lowest BCUT2D eigenvalue weighted by Gasteiger charge is -2.16. The number of hydrogen-bond donors (Lipinski definition) is 3. The summed E-state index contributed by atoms with van der Waals surface area (Å²) in [5, 5.41) is 10.6. The van der Waals surface area contributed by atoms with Gasteiger partial charge in [-0.3, -0.25) is 19.1 Å². The maximum atomic E-state index is 12.1. The number of aliphatic hydroxyl groups is 1. The molecule has 1 aromatic rings. The molecule has 0 aliphatic carbocycles. The fourth-order valence-corrected chi connectivity index (χ4v) is 2.17. The first-order chi connectivity index (χ1) is 10.7. The quantitative estimate of drug-likeness (QED) is 0.678. The first-order valence-corrected chi connectivity index (χ1v) is 6.68. The monoisotopic (exact) mass is 337 g/mol. The highest BCUT2D eigenvalue weighted by Gasteiger charge is 2.38. The van der Waals surface area contributed by atoms with Gasteiger partial charge in [0.05, 0.1) is 18.3 Å². The molecule has 1 aromatic heterocycles. The normalized spacial score (nSPS) is 21.4. The van der Waals surface area contributed by atoms with Crippen LogP contribution in [0.15, 0.2) is 15.8 Å². The topological polar surface area (TPSA) is 113 Å². The average Bonchev–Trinajstić information content (AvgIpc) is 2.93. The van der Waals surface area contributed by atoms with Gasteiger partial charge < -0.3 is 15.2 Å². The highest BCUT2D eigenvalue weighted by atomic mass is 19.4. The predicted octanol–water partition coefficient (Wildman–Crippen LogP) is -0.615. The number of ether oxygens (including phenoxy) is 1. The number of rotatable bonds is 4. The van der Waals surface area contributed by atoms with E-state index in [1.165, 1.54) is 0 Å². The summed E-state index contributed by atoms with van der Waals surface area (Å²) >= 11 is 0. The Bertz CT molecular complexity index is 696. The van der Waals surface area contributed by atoms with E-state index in [1.807, 2.05) is 4.98 Å². The molecule has 11 heteroatoms. The first-order valence-electron chi connectivity index (χ1n) is 6.68. The molecule has 1 amide bonds. The van der Waals surface area contributed by atoms with Crippen molar-refractivity contribution in [1.82, 2.24) is 14.9 Å². The second kappa shape index (κ2) is 6.54. The summed E-state index contributed by atoms with van der Waals surface area (Å²) in [5.74, 6) is -2.19. The van der Waals surface area contributed by atoms with Gasteiger partial charge in [-0.2, -0.15) is 13.2 Å². The van der Waals surface area contributed by atoms with Gasteiger partial charge in [0.25, 0.3) is 5.56 Å². The van der Waals surface area contributed by atoms with E-state index >= 15 is 0 Å². The Morgan fingerprint density at radius 2 is 2.13 bits per heavy atom. The summed E-state index contributed by atoms with van der Waals surface area (Å²) < 4.78 is 42.8. The zero-order chi connectivity index (χ0) is 17.2. The van der Waals surface area contributed by atoms with Crippen LogP contribution in [0.5, 0.6) is 0 Å². The zero-order valence-electron chi connectivity index (χ0n) is 11.7. The Morgan fingerprint density at radius 3 is 2.70 bits per heavy atom. The van der Waals surface area contributed by atoms with Gasteiger partial charge in [-0.1, -0.05) is 0 Å². The summed E-state index contributed by atoms with van der Waals surface area (Å²) in [6, 6.07) is 0. The Hall–Kier alpha value is -2.14. The van der Waals surface area contributed by atoms with Crippen molar-refractivity contribution in [2.75, 3.05) is 6.61 Å². The molecule has 128 valence electrons. The number of amides is 1. The Labute approximate surface area is 126 Å². The van der Waals surface area contributed by atoms with Crippen molar-refractivity contribution in [3.05, 3.63) is 32.6 Å². The lowest BCUT2D eigenvalue weighted by atomic mass is 10.2. The number of aliphatic hydroxyl groups excluding tert-OH is 1. The van der Waals surface area contributed by atoms with Gasteiger partial charge in [-0.25, -0.2) is 4.79 Å². The summed E-state index contributed by atoms with van der Waals surface area (Å²) in [6.07, 6.45) is -4.33. The van der Waals surface area contributed by atoms with Gasteiger partial charge in [-0.15, -0.1) is 0 Å². The molecule has 2 atom stereocenters. The predicted molar refractivity (Wildman–Crippen MR) is 69.5 cm³/mol. The molecule has 0 unspecified atom stereocenters. The van der Waals surface area contributed by atoms with E-state index in [1.54, 1.807) is 5.32 Å². The number of aromatic nitrogens is 2. The van der Waals surface area contributed by atoms with E-state index < -0.39 is 42.2 Å². The molecule has 0 saturated carbocycles. The molecule has 8 nitrogen and oxygen atoms in total. The third kappa shape index (κ3) is 3.99. The summed E-state index contributed by atoms with van der Waals surface area (Å²) in [5.41, 5.74) is -1.91. The molecule has 0 radical (unpaired) electrons. The van der Waals surface area contributed by atoms with Crippen LogP contribution >= 0.6 is 0 Å². The van der Waals surface area contributed by atoms with Crippen molar-refractivity contribution in [2.24, 2.45) is 0 Å². The van der Waals surface area contributed by atoms with E-state index in [4.69, 9.17) is 9.84 Å². The summed E-state index contributed by atoms with van der Waals surface area (Å²) in [6.45, 7) is -0.923. The van der Waals surface area contributed by atoms with Crippen molar-refractivity contribution in [3.8, 4) is 0 Å². The standard InChI is InChI=1S/C12H14F3N3O5/c13-12(14,15)10(21)16-3-6-4-18(11(22)17-9(6)20)8-2-1-7(5-19)23-8/h4,7-8,19H,1-3,5H2,(H,16,21)(H,17,20,22)/t7-,8+/m0/s1. The Kier molecular flexibility index (Phi) is 4.90.